The highest BCUT2D eigenvalue weighted by molar-refractivity contribution is 5.72. The number of hydrogen-bond donors (Lipinski definition) is 0. The Kier molecular flexibility index (Phi) is 5.42. The average Bonchev–Trinajstić information content (AvgIpc) is 3.53. The molecule has 0 aromatic heterocycles. The third-order valence-electron chi connectivity index (χ3n) is 5.07. The van der Waals surface area contributed by atoms with Gasteiger partial charge in [0.2, 0.25) is 0 Å². The quantitative estimate of drug-likeness (QED) is 0.494. The van der Waals surface area contributed by atoms with Crippen molar-refractivity contribution in [3.8, 4) is 11.5 Å². The predicted molar refractivity (Wildman–Crippen MR) is 111 cm³/mol. The van der Waals surface area contributed by atoms with Gasteiger partial charge in [0, 0.05) is 0 Å². The van der Waals surface area contributed by atoms with Gasteiger partial charge in [-0.3, -0.25) is 0 Å². The van der Waals surface area contributed by atoms with Gasteiger partial charge in [0.1, 0.15) is 36.9 Å². The minimum atomic E-state index is 0.272. The lowest BCUT2D eigenvalue weighted by Gasteiger charge is -2.13. The normalized spacial score (nSPS) is 20.4. The molecule has 2 fully saturated rings. The van der Waals surface area contributed by atoms with Gasteiger partial charge < -0.3 is 18.9 Å². The molecule has 2 aromatic rings. The Morgan fingerprint density at radius 1 is 0.714 bits per heavy atom. The van der Waals surface area contributed by atoms with E-state index in [9.17, 15) is 0 Å². The summed E-state index contributed by atoms with van der Waals surface area (Å²) >= 11 is 0. The number of aryl methyl sites for hydroxylation is 4. The van der Waals surface area contributed by atoms with Crippen LogP contribution in [0.2, 0.25) is 0 Å². The number of ether oxygens (including phenoxy) is 4. The van der Waals surface area contributed by atoms with Gasteiger partial charge in [0.25, 0.3) is 0 Å². The van der Waals surface area contributed by atoms with Crippen LogP contribution < -0.4 is 9.47 Å². The Labute approximate surface area is 167 Å². The summed E-state index contributed by atoms with van der Waals surface area (Å²) in [6.07, 6.45) is 4.85. The maximum atomic E-state index is 5.93. The Hall–Kier alpha value is -2.30. The third-order valence-corrected chi connectivity index (χ3v) is 5.07. The lowest BCUT2D eigenvalue weighted by molar-refractivity contribution is 0.260. The summed E-state index contributed by atoms with van der Waals surface area (Å²) in [6, 6.07) is 8.66. The first-order valence-corrected chi connectivity index (χ1v) is 9.89. The van der Waals surface area contributed by atoms with Gasteiger partial charge in [-0.05, 0) is 85.3 Å². The van der Waals surface area contributed by atoms with Crippen LogP contribution >= 0.6 is 0 Å². The van der Waals surface area contributed by atoms with E-state index in [-0.39, 0.29) is 12.2 Å². The van der Waals surface area contributed by atoms with Crippen molar-refractivity contribution in [1.29, 1.82) is 0 Å². The molecule has 0 bridgehead atoms. The Bertz CT molecular complexity index is 772. The van der Waals surface area contributed by atoms with Crippen LogP contribution in [0.25, 0.3) is 12.2 Å². The molecule has 2 aliphatic heterocycles. The van der Waals surface area contributed by atoms with Gasteiger partial charge in [-0.1, -0.05) is 12.2 Å². The predicted octanol–water partition coefficient (Wildman–Crippen LogP) is 4.65. The first-order valence-electron chi connectivity index (χ1n) is 9.89. The zero-order valence-corrected chi connectivity index (χ0v) is 17.1. The van der Waals surface area contributed by atoms with Crippen LogP contribution in [-0.2, 0) is 9.47 Å². The molecule has 148 valence electrons. The molecule has 2 unspecified atom stereocenters. The summed E-state index contributed by atoms with van der Waals surface area (Å²) in [6.45, 7) is 11.3. The summed E-state index contributed by atoms with van der Waals surface area (Å²) < 4.78 is 22.3. The highest BCUT2D eigenvalue weighted by Crippen LogP contribution is 2.29. The van der Waals surface area contributed by atoms with Gasteiger partial charge in [-0.15, -0.1) is 0 Å². The van der Waals surface area contributed by atoms with Crippen molar-refractivity contribution in [2.24, 2.45) is 0 Å². The Morgan fingerprint density at radius 3 is 1.32 bits per heavy atom. The topological polar surface area (TPSA) is 43.5 Å². The first kappa shape index (κ1) is 19.0. The number of benzene rings is 2. The van der Waals surface area contributed by atoms with Gasteiger partial charge in [-0.25, -0.2) is 0 Å². The van der Waals surface area contributed by atoms with E-state index in [1.54, 1.807) is 0 Å². The molecule has 28 heavy (non-hydrogen) atoms. The van der Waals surface area contributed by atoms with Crippen molar-refractivity contribution >= 4 is 12.2 Å². The second-order valence-corrected chi connectivity index (χ2v) is 7.83. The van der Waals surface area contributed by atoms with E-state index >= 15 is 0 Å². The second kappa shape index (κ2) is 7.98. The van der Waals surface area contributed by atoms with E-state index in [0.717, 1.165) is 47.0 Å². The molecule has 2 saturated heterocycles. The molecule has 4 heteroatoms. The Balaban J connectivity index is 1.46. The van der Waals surface area contributed by atoms with Crippen molar-refractivity contribution < 1.29 is 18.9 Å². The van der Waals surface area contributed by atoms with Crippen LogP contribution in [-0.4, -0.2) is 38.6 Å². The summed E-state index contributed by atoms with van der Waals surface area (Å²) in [7, 11) is 0. The van der Waals surface area contributed by atoms with Crippen molar-refractivity contribution in [2.45, 2.75) is 39.9 Å². The minimum absolute atomic E-state index is 0.272. The number of rotatable bonds is 8. The van der Waals surface area contributed by atoms with Crippen molar-refractivity contribution in [1.82, 2.24) is 0 Å². The van der Waals surface area contributed by atoms with Crippen molar-refractivity contribution in [3.63, 3.8) is 0 Å². The van der Waals surface area contributed by atoms with Crippen LogP contribution in [0.3, 0.4) is 0 Å². The molecule has 2 heterocycles. The lowest BCUT2D eigenvalue weighted by atomic mass is 10.0. The third kappa shape index (κ3) is 4.75. The monoisotopic (exact) mass is 380 g/mol. The summed E-state index contributed by atoms with van der Waals surface area (Å²) in [4.78, 5) is 0. The summed E-state index contributed by atoms with van der Waals surface area (Å²) in [5.74, 6) is 1.95. The van der Waals surface area contributed by atoms with E-state index in [1.807, 2.05) is 0 Å². The molecular weight excluding hydrogens is 352 g/mol. The highest BCUT2D eigenvalue weighted by Gasteiger charge is 2.24. The van der Waals surface area contributed by atoms with E-state index in [2.05, 4.69) is 64.1 Å². The van der Waals surface area contributed by atoms with Gasteiger partial charge in [0.05, 0.1) is 13.2 Å². The molecule has 2 aliphatic rings. The standard InChI is InChI=1S/C24H28O4/c1-15-7-19(8-16(2)23(15)27-13-21-11-25-21)5-6-20-9-17(3)24(18(4)10-20)28-14-22-12-26-22/h5-10,21-22H,11-14H2,1-4H3. The molecule has 4 rings (SSSR count). The smallest absolute Gasteiger partial charge is 0.125 e. The molecule has 0 N–H and O–H groups in total. The number of epoxide rings is 2. The lowest BCUT2D eigenvalue weighted by Crippen LogP contribution is -2.06. The minimum Gasteiger partial charge on any atom is -0.490 e. The zero-order valence-electron chi connectivity index (χ0n) is 17.1. The fourth-order valence-electron chi connectivity index (χ4n) is 3.49. The largest absolute Gasteiger partial charge is 0.490 e. The van der Waals surface area contributed by atoms with Crippen LogP contribution in [0, 0.1) is 27.7 Å². The molecule has 0 amide bonds. The molecule has 0 saturated carbocycles. The first-order chi connectivity index (χ1) is 13.5. The zero-order chi connectivity index (χ0) is 19.7. The molecule has 0 aliphatic carbocycles. The van der Waals surface area contributed by atoms with E-state index in [1.165, 1.54) is 11.1 Å². The van der Waals surface area contributed by atoms with Crippen LogP contribution in [0.5, 0.6) is 11.5 Å². The van der Waals surface area contributed by atoms with Gasteiger partial charge in [0.15, 0.2) is 0 Å². The van der Waals surface area contributed by atoms with E-state index in [4.69, 9.17) is 18.9 Å². The maximum absolute atomic E-state index is 5.93. The maximum Gasteiger partial charge on any atom is 0.125 e. The van der Waals surface area contributed by atoms with Crippen LogP contribution in [0.1, 0.15) is 33.4 Å². The molecule has 2 aromatic carbocycles. The second-order valence-electron chi connectivity index (χ2n) is 7.83. The van der Waals surface area contributed by atoms with Crippen LogP contribution in [0.4, 0.5) is 0 Å². The molecular formula is C24H28O4. The van der Waals surface area contributed by atoms with Crippen molar-refractivity contribution in [3.05, 3.63) is 57.6 Å². The highest BCUT2D eigenvalue weighted by atomic mass is 16.6. The Morgan fingerprint density at radius 2 is 1.04 bits per heavy atom. The molecule has 2 atom stereocenters. The van der Waals surface area contributed by atoms with Crippen molar-refractivity contribution in [2.75, 3.05) is 26.4 Å². The van der Waals surface area contributed by atoms with E-state index < -0.39 is 0 Å². The fourth-order valence-corrected chi connectivity index (χ4v) is 3.49. The number of hydrogen-bond acceptors (Lipinski definition) is 4. The summed E-state index contributed by atoms with van der Waals surface area (Å²) in [5, 5.41) is 0. The summed E-state index contributed by atoms with van der Waals surface area (Å²) in [5.41, 5.74) is 6.95. The van der Waals surface area contributed by atoms with Gasteiger partial charge in [-0.2, -0.15) is 0 Å². The molecule has 0 spiro atoms. The SMILES string of the molecule is Cc1cc(C=Cc2cc(C)c(OCC3CO3)c(C)c2)cc(C)c1OCC1CO1. The van der Waals surface area contributed by atoms with Crippen LogP contribution in [0.15, 0.2) is 24.3 Å². The van der Waals surface area contributed by atoms with E-state index in [0.29, 0.717) is 13.2 Å². The fraction of sp³-hybridized carbons (Fsp3) is 0.417. The average molecular weight is 380 g/mol. The van der Waals surface area contributed by atoms with Gasteiger partial charge >= 0.3 is 0 Å². The molecule has 0 radical (unpaired) electrons. The molecule has 4 nitrogen and oxygen atoms in total.